The average Bonchev–Trinajstić information content (AvgIpc) is 2.76. The van der Waals surface area contributed by atoms with Crippen LogP contribution in [0.2, 0.25) is 0 Å². The van der Waals surface area contributed by atoms with Crippen molar-refractivity contribution >= 4 is 34.3 Å². The number of carbonyl (C=O) groups is 2. The molecule has 6 heteroatoms. The lowest BCUT2D eigenvalue weighted by molar-refractivity contribution is -0.129. The van der Waals surface area contributed by atoms with Crippen LogP contribution >= 0.6 is 11.8 Å². The van der Waals surface area contributed by atoms with Gasteiger partial charge in [0.15, 0.2) is 0 Å². The third-order valence-corrected chi connectivity index (χ3v) is 6.68. The van der Waals surface area contributed by atoms with Gasteiger partial charge in [-0.2, -0.15) is 0 Å². The molecule has 2 amide bonds. The minimum atomic E-state index is -0.565. The molecule has 0 bridgehead atoms. The van der Waals surface area contributed by atoms with E-state index in [1.54, 1.807) is 12.1 Å². The zero-order valence-electron chi connectivity index (χ0n) is 16.6. The van der Waals surface area contributed by atoms with Crippen molar-refractivity contribution in [3.05, 3.63) is 83.7 Å². The number of benzene rings is 3. The molecule has 1 heterocycles. The second kappa shape index (κ2) is 8.88. The summed E-state index contributed by atoms with van der Waals surface area (Å²) in [7, 11) is 0. The van der Waals surface area contributed by atoms with Crippen molar-refractivity contribution in [2.45, 2.75) is 30.7 Å². The van der Waals surface area contributed by atoms with E-state index in [0.717, 1.165) is 21.9 Å². The lowest BCUT2D eigenvalue weighted by Crippen LogP contribution is -2.54. The van der Waals surface area contributed by atoms with Crippen LogP contribution in [0.15, 0.2) is 66.7 Å². The van der Waals surface area contributed by atoms with E-state index in [0.29, 0.717) is 12.2 Å². The van der Waals surface area contributed by atoms with Crippen molar-refractivity contribution in [2.75, 3.05) is 5.75 Å². The molecule has 1 aliphatic heterocycles. The fraction of sp³-hybridized carbons (Fsp3) is 0.250. The minimum absolute atomic E-state index is 0.159. The number of carbonyl (C=O) groups excluding carboxylic acids is 2. The highest BCUT2D eigenvalue weighted by molar-refractivity contribution is 8.00. The van der Waals surface area contributed by atoms with Gasteiger partial charge < -0.3 is 10.6 Å². The number of hydrogen-bond donors (Lipinski definition) is 2. The summed E-state index contributed by atoms with van der Waals surface area (Å²) in [5, 5.41) is 7.84. The van der Waals surface area contributed by atoms with Gasteiger partial charge in [-0.3, -0.25) is 9.59 Å². The third-order valence-electron chi connectivity index (χ3n) is 5.37. The first-order valence-corrected chi connectivity index (χ1v) is 11.0. The Hall–Kier alpha value is -2.86. The van der Waals surface area contributed by atoms with Gasteiger partial charge in [0.05, 0.1) is 11.3 Å². The topological polar surface area (TPSA) is 58.2 Å². The Labute approximate surface area is 179 Å². The molecule has 0 unspecified atom stereocenters. The van der Waals surface area contributed by atoms with Crippen molar-refractivity contribution in [2.24, 2.45) is 0 Å². The zero-order chi connectivity index (χ0) is 21.1. The van der Waals surface area contributed by atoms with Gasteiger partial charge in [0.1, 0.15) is 11.9 Å². The van der Waals surface area contributed by atoms with Crippen molar-refractivity contribution in [1.29, 1.82) is 0 Å². The molecule has 3 atom stereocenters. The molecule has 1 aliphatic rings. The van der Waals surface area contributed by atoms with E-state index < -0.39 is 6.04 Å². The SMILES string of the molecule is C[C@H](NC(=O)[C@H]1CS[C@@H](Cc2ccc(F)cc2)C(=O)N1)c1cccc2ccccc12. The number of amides is 2. The fourth-order valence-corrected chi connectivity index (χ4v) is 4.93. The number of halogens is 1. The molecule has 3 aromatic rings. The Morgan fingerprint density at radius 2 is 1.87 bits per heavy atom. The summed E-state index contributed by atoms with van der Waals surface area (Å²) in [4.78, 5) is 25.3. The Kier molecular flexibility index (Phi) is 6.04. The quantitative estimate of drug-likeness (QED) is 0.654. The van der Waals surface area contributed by atoms with E-state index in [1.165, 1.54) is 23.9 Å². The molecule has 4 rings (SSSR count). The van der Waals surface area contributed by atoms with E-state index in [-0.39, 0.29) is 28.9 Å². The summed E-state index contributed by atoms with van der Waals surface area (Å²) in [5.74, 6) is -0.132. The number of thioether (sulfide) groups is 1. The first-order valence-electron chi connectivity index (χ1n) is 9.96. The van der Waals surface area contributed by atoms with Gasteiger partial charge >= 0.3 is 0 Å². The van der Waals surface area contributed by atoms with Crippen LogP contribution in [0.1, 0.15) is 24.1 Å². The molecule has 1 saturated heterocycles. The second-order valence-electron chi connectivity index (χ2n) is 7.51. The van der Waals surface area contributed by atoms with E-state index >= 15 is 0 Å². The monoisotopic (exact) mass is 422 g/mol. The van der Waals surface area contributed by atoms with Gasteiger partial charge in [0.2, 0.25) is 11.8 Å². The summed E-state index contributed by atoms with van der Waals surface area (Å²) in [6.45, 7) is 1.95. The Balaban J connectivity index is 1.37. The lowest BCUT2D eigenvalue weighted by Gasteiger charge is -2.29. The molecule has 3 aromatic carbocycles. The highest BCUT2D eigenvalue weighted by Crippen LogP contribution is 2.25. The Morgan fingerprint density at radius 1 is 1.13 bits per heavy atom. The van der Waals surface area contributed by atoms with Crippen LogP contribution in [0.25, 0.3) is 10.8 Å². The van der Waals surface area contributed by atoms with Crippen molar-refractivity contribution in [3.8, 4) is 0 Å². The summed E-state index contributed by atoms with van der Waals surface area (Å²) in [6, 6.07) is 19.5. The molecule has 0 radical (unpaired) electrons. The molecule has 1 fully saturated rings. The van der Waals surface area contributed by atoms with Crippen LogP contribution in [0.3, 0.4) is 0 Å². The summed E-state index contributed by atoms with van der Waals surface area (Å²) < 4.78 is 13.1. The number of nitrogens with one attached hydrogen (secondary N) is 2. The van der Waals surface area contributed by atoms with E-state index in [9.17, 15) is 14.0 Å². The maximum absolute atomic E-state index is 13.1. The number of hydrogen-bond acceptors (Lipinski definition) is 3. The predicted molar refractivity (Wildman–Crippen MR) is 119 cm³/mol. The van der Waals surface area contributed by atoms with Gasteiger partial charge in [0.25, 0.3) is 0 Å². The first-order chi connectivity index (χ1) is 14.5. The third kappa shape index (κ3) is 4.49. The lowest BCUT2D eigenvalue weighted by atomic mass is 9.99. The number of fused-ring (bicyclic) bond motifs is 1. The van der Waals surface area contributed by atoms with E-state index in [1.807, 2.05) is 49.4 Å². The van der Waals surface area contributed by atoms with Crippen LogP contribution in [0, 0.1) is 5.82 Å². The molecule has 2 N–H and O–H groups in total. The molecule has 0 spiro atoms. The molecular weight excluding hydrogens is 399 g/mol. The second-order valence-corrected chi connectivity index (χ2v) is 8.75. The van der Waals surface area contributed by atoms with Gasteiger partial charge in [0, 0.05) is 5.75 Å². The first kappa shape index (κ1) is 20.4. The maximum atomic E-state index is 13.1. The zero-order valence-corrected chi connectivity index (χ0v) is 17.4. The summed E-state index contributed by atoms with van der Waals surface area (Å²) in [6.07, 6.45) is 0.511. The molecule has 0 saturated carbocycles. The fourth-order valence-electron chi connectivity index (χ4n) is 3.74. The largest absolute Gasteiger partial charge is 0.348 e. The van der Waals surface area contributed by atoms with Crippen molar-refractivity contribution < 1.29 is 14.0 Å². The van der Waals surface area contributed by atoms with Gasteiger partial charge in [-0.05, 0) is 47.4 Å². The molecular formula is C24H23FN2O2S. The van der Waals surface area contributed by atoms with Crippen LogP contribution in [-0.2, 0) is 16.0 Å². The smallest absolute Gasteiger partial charge is 0.243 e. The highest BCUT2D eigenvalue weighted by atomic mass is 32.2. The van der Waals surface area contributed by atoms with Crippen molar-refractivity contribution in [1.82, 2.24) is 10.6 Å². The van der Waals surface area contributed by atoms with E-state index in [2.05, 4.69) is 10.6 Å². The minimum Gasteiger partial charge on any atom is -0.348 e. The van der Waals surface area contributed by atoms with Gasteiger partial charge in [-0.25, -0.2) is 4.39 Å². The molecule has 154 valence electrons. The summed E-state index contributed by atoms with van der Waals surface area (Å²) in [5.41, 5.74) is 1.95. The predicted octanol–water partition coefficient (Wildman–Crippen LogP) is 4.00. The summed E-state index contributed by atoms with van der Waals surface area (Å²) >= 11 is 1.47. The Morgan fingerprint density at radius 3 is 2.63 bits per heavy atom. The Bertz CT molecular complexity index is 1060. The highest BCUT2D eigenvalue weighted by Gasteiger charge is 2.33. The molecule has 0 aromatic heterocycles. The molecule has 30 heavy (non-hydrogen) atoms. The van der Waals surface area contributed by atoms with Gasteiger partial charge in [-0.15, -0.1) is 11.8 Å². The molecule has 0 aliphatic carbocycles. The number of rotatable bonds is 5. The normalized spacial score (nSPS) is 19.9. The maximum Gasteiger partial charge on any atom is 0.243 e. The van der Waals surface area contributed by atoms with Crippen LogP contribution in [0.5, 0.6) is 0 Å². The standard InChI is InChI=1S/C24H23FN2O2S/c1-15(19-8-4-6-17-5-2-3-7-20(17)19)26-23(28)21-14-30-22(24(29)27-21)13-16-9-11-18(25)12-10-16/h2-12,15,21-22H,13-14H2,1H3,(H,26,28)(H,27,29)/t15-,21+,22-/m0/s1. The van der Waals surface area contributed by atoms with Gasteiger partial charge in [-0.1, -0.05) is 54.6 Å². The van der Waals surface area contributed by atoms with Crippen LogP contribution in [-0.4, -0.2) is 28.9 Å². The van der Waals surface area contributed by atoms with Crippen LogP contribution < -0.4 is 10.6 Å². The van der Waals surface area contributed by atoms with Crippen LogP contribution in [0.4, 0.5) is 4.39 Å². The van der Waals surface area contributed by atoms with E-state index in [4.69, 9.17) is 0 Å². The average molecular weight is 423 g/mol. The molecule has 4 nitrogen and oxygen atoms in total. The van der Waals surface area contributed by atoms with Crippen molar-refractivity contribution in [3.63, 3.8) is 0 Å².